The number of amides is 1. The Labute approximate surface area is 139 Å². The SMILES string of the molecule is COc1cc(C)c(C(=O)Nc2nc(C)n(-c3ccccc3)n2)cn1. The molecule has 0 saturated carbocycles. The van der Waals surface area contributed by atoms with Crippen molar-refractivity contribution < 1.29 is 9.53 Å². The average Bonchev–Trinajstić information content (AvgIpc) is 2.95. The van der Waals surface area contributed by atoms with Crippen molar-refractivity contribution in [3.05, 3.63) is 59.5 Å². The zero-order valence-electron chi connectivity index (χ0n) is 13.6. The van der Waals surface area contributed by atoms with Gasteiger partial charge in [0.2, 0.25) is 11.8 Å². The van der Waals surface area contributed by atoms with E-state index in [1.54, 1.807) is 10.7 Å². The van der Waals surface area contributed by atoms with Crippen molar-refractivity contribution in [1.29, 1.82) is 0 Å². The van der Waals surface area contributed by atoms with Crippen LogP contribution in [-0.4, -0.2) is 32.8 Å². The first-order chi connectivity index (χ1) is 11.6. The Kier molecular flexibility index (Phi) is 4.24. The molecule has 3 rings (SSSR count). The molecule has 0 aliphatic rings. The lowest BCUT2D eigenvalue weighted by Gasteiger charge is -2.06. The highest BCUT2D eigenvalue weighted by molar-refractivity contribution is 6.04. The third kappa shape index (κ3) is 3.10. The molecule has 2 aromatic heterocycles. The molecule has 2 heterocycles. The van der Waals surface area contributed by atoms with Gasteiger partial charge in [-0.2, -0.15) is 4.98 Å². The second kappa shape index (κ2) is 6.49. The van der Waals surface area contributed by atoms with Gasteiger partial charge in [-0.1, -0.05) is 18.2 Å². The van der Waals surface area contributed by atoms with Crippen LogP contribution >= 0.6 is 0 Å². The molecule has 7 nitrogen and oxygen atoms in total. The van der Waals surface area contributed by atoms with Crippen LogP contribution in [0.2, 0.25) is 0 Å². The fraction of sp³-hybridized carbons (Fsp3) is 0.176. The number of ether oxygens (including phenoxy) is 1. The van der Waals surface area contributed by atoms with Crippen LogP contribution in [0.15, 0.2) is 42.6 Å². The van der Waals surface area contributed by atoms with Crippen molar-refractivity contribution in [2.75, 3.05) is 12.4 Å². The van der Waals surface area contributed by atoms with Crippen molar-refractivity contribution in [2.45, 2.75) is 13.8 Å². The van der Waals surface area contributed by atoms with Crippen LogP contribution in [0.25, 0.3) is 5.69 Å². The molecule has 0 aliphatic carbocycles. The first-order valence-electron chi connectivity index (χ1n) is 7.39. The number of anilines is 1. The van der Waals surface area contributed by atoms with Crippen LogP contribution in [0.3, 0.4) is 0 Å². The summed E-state index contributed by atoms with van der Waals surface area (Å²) in [5, 5.41) is 7.04. The number of benzene rings is 1. The zero-order chi connectivity index (χ0) is 17.1. The van der Waals surface area contributed by atoms with Gasteiger partial charge in [0.25, 0.3) is 5.91 Å². The summed E-state index contributed by atoms with van der Waals surface area (Å²) < 4.78 is 6.72. The number of aryl methyl sites for hydroxylation is 2. The lowest BCUT2D eigenvalue weighted by molar-refractivity contribution is 0.102. The van der Waals surface area contributed by atoms with Crippen molar-refractivity contribution in [1.82, 2.24) is 19.7 Å². The molecule has 0 spiro atoms. The van der Waals surface area contributed by atoms with E-state index in [2.05, 4.69) is 20.4 Å². The molecular formula is C17H17N5O2. The molecule has 0 aliphatic heterocycles. The molecule has 1 N–H and O–H groups in total. The van der Waals surface area contributed by atoms with Gasteiger partial charge >= 0.3 is 0 Å². The van der Waals surface area contributed by atoms with Gasteiger partial charge < -0.3 is 4.74 Å². The molecule has 1 amide bonds. The lowest BCUT2D eigenvalue weighted by atomic mass is 10.1. The van der Waals surface area contributed by atoms with Crippen molar-refractivity contribution in [2.24, 2.45) is 0 Å². The highest BCUT2D eigenvalue weighted by Gasteiger charge is 2.15. The van der Waals surface area contributed by atoms with Gasteiger partial charge in [-0.05, 0) is 31.5 Å². The Hall–Kier alpha value is -3.22. The third-order valence-corrected chi connectivity index (χ3v) is 3.53. The summed E-state index contributed by atoms with van der Waals surface area (Å²) in [7, 11) is 1.53. The lowest BCUT2D eigenvalue weighted by Crippen LogP contribution is -2.15. The van der Waals surface area contributed by atoms with E-state index in [-0.39, 0.29) is 11.9 Å². The van der Waals surface area contributed by atoms with Crippen LogP contribution in [-0.2, 0) is 0 Å². The number of para-hydroxylation sites is 1. The fourth-order valence-electron chi connectivity index (χ4n) is 2.31. The minimum absolute atomic E-state index is 0.247. The summed E-state index contributed by atoms with van der Waals surface area (Å²) in [4.78, 5) is 20.8. The molecular weight excluding hydrogens is 306 g/mol. The molecule has 7 heteroatoms. The predicted molar refractivity (Wildman–Crippen MR) is 89.6 cm³/mol. The summed E-state index contributed by atoms with van der Waals surface area (Å²) in [5.74, 6) is 1.08. The summed E-state index contributed by atoms with van der Waals surface area (Å²) >= 11 is 0. The molecule has 0 saturated heterocycles. The molecule has 0 radical (unpaired) electrons. The van der Waals surface area contributed by atoms with E-state index in [0.29, 0.717) is 17.3 Å². The molecule has 122 valence electrons. The maximum Gasteiger partial charge on any atom is 0.259 e. The van der Waals surface area contributed by atoms with E-state index in [9.17, 15) is 4.79 Å². The minimum atomic E-state index is -0.312. The second-order valence-corrected chi connectivity index (χ2v) is 5.23. The van der Waals surface area contributed by atoms with Gasteiger partial charge in [0.1, 0.15) is 5.82 Å². The number of nitrogens with zero attached hydrogens (tertiary/aromatic N) is 4. The van der Waals surface area contributed by atoms with Gasteiger partial charge in [-0.15, -0.1) is 5.10 Å². The van der Waals surface area contributed by atoms with Crippen LogP contribution in [0, 0.1) is 13.8 Å². The number of nitrogens with one attached hydrogen (secondary N) is 1. The van der Waals surface area contributed by atoms with Gasteiger partial charge in [-0.3, -0.25) is 10.1 Å². The number of hydrogen-bond acceptors (Lipinski definition) is 5. The molecule has 24 heavy (non-hydrogen) atoms. The quantitative estimate of drug-likeness (QED) is 0.798. The monoisotopic (exact) mass is 323 g/mol. The Morgan fingerprint density at radius 2 is 1.96 bits per heavy atom. The van der Waals surface area contributed by atoms with Gasteiger partial charge in [0.05, 0.1) is 18.4 Å². The first-order valence-corrected chi connectivity index (χ1v) is 7.39. The number of carbonyl (C=O) groups is 1. The predicted octanol–water partition coefficient (Wildman–Crippen LogP) is 2.54. The summed E-state index contributed by atoms with van der Waals surface area (Å²) in [6, 6.07) is 11.3. The zero-order valence-corrected chi connectivity index (χ0v) is 13.6. The number of hydrogen-bond donors (Lipinski definition) is 1. The maximum atomic E-state index is 12.4. The number of aromatic nitrogens is 4. The largest absolute Gasteiger partial charge is 0.481 e. The van der Waals surface area contributed by atoms with Crippen molar-refractivity contribution >= 4 is 11.9 Å². The summed E-state index contributed by atoms with van der Waals surface area (Å²) in [6.07, 6.45) is 1.48. The Balaban J connectivity index is 1.83. The smallest absolute Gasteiger partial charge is 0.259 e. The van der Waals surface area contributed by atoms with Crippen LogP contribution in [0.5, 0.6) is 5.88 Å². The Morgan fingerprint density at radius 3 is 2.62 bits per heavy atom. The minimum Gasteiger partial charge on any atom is -0.481 e. The standard InChI is InChI=1S/C17H17N5O2/c1-11-9-15(24-3)18-10-14(11)16(23)20-17-19-12(2)22(21-17)13-7-5-4-6-8-13/h4-10H,1-3H3,(H,20,21,23). The van der Waals surface area contributed by atoms with Crippen molar-refractivity contribution in [3.63, 3.8) is 0 Å². The molecule has 0 fully saturated rings. The van der Waals surface area contributed by atoms with E-state index in [1.807, 2.05) is 44.2 Å². The summed E-state index contributed by atoms with van der Waals surface area (Å²) in [6.45, 7) is 3.65. The van der Waals surface area contributed by atoms with Crippen LogP contribution in [0.1, 0.15) is 21.7 Å². The second-order valence-electron chi connectivity index (χ2n) is 5.23. The average molecular weight is 323 g/mol. The number of carbonyl (C=O) groups excluding carboxylic acids is 1. The molecule has 0 bridgehead atoms. The van der Waals surface area contributed by atoms with E-state index in [1.165, 1.54) is 13.3 Å². The van der Waals surface area contributed by atoms with Gasteiger partial charge in [-0.25, -0.2) is 9.67 Å². The molecule has 0 atom stereocenters. The topological polar surface area (TPSA) is 81.9 Å². The highest BCUT2D eigenvalue weighted by atomic mass is 16.5. The highest BCUT2D eigenvalue weighted by Crippen LogP contribution is 2.16. The molecule has 0 unspecified atom stereocenters. The van der Waals surface area contributed by atoms with Crippen LogP contribution < -0.4 is 10.1 Å². The van der Waals surface area contributed by atoms with E-state index >= 15 is 0 Å². The van der Waals surface area contributed by atoms with E-state index < -0.39 is 0 Å². The third-order valence-electron chi connectivity index (χ3n) is 3.53. The van der Waals surface area contributed by atoms with Crippen LogP contribution in [0.4, 0.5) is 5.95 Å². The fourth-order valence-corrected chi connectivity index (χ4v) is 2.31. The Bertz CT molecular complexity index is 874. The van der Waals surface area contributed by atoms with Gasteiger partial charge in [0, 0.05) is 12.3 Å². The number of pyridine rings is 1. The Morgan fingerprint density at radius 1 is 1.21 bits per heavy atom. The first kappa shape index (κ1) is 15.7. The molecule has 1 aromatic carbocycles. The van der Waals surface area contributed by atoms with E-state index in [0.717, 1.165) is 11.3 Å². The maximum absolute atomic E-state index is 12.4. The number of rotatable bonds is 4. The number of methoxy groups -OCH3 is 1. The summed E-state index contributed by atoms with van der Waals surface area (Å²) in [5.41, 5.74) is 2.09. The molecule has 3 aromatic rings. The van der Waals surface area contributed by atoms with Crippen molar-refractivity contribution in [3.8, 4) is 11.6 Å². The normalized spacial score (nSPS) is 10.5. The van der Waals surface area contributed by atoms with Gasteiger partial charge in [0.15, 0.2) is 0 Å². The van der Waals surface area contributed by atoms with E-state index in [4.69, 9.17) is 4.74 Å².